The van der Waals surface area contributed by atoms with E-state index in [0.717, 1.165) is 29.7 Å². The van der Waals surface area contributed by atoms with Gasteiger partial charge in [0.2, 0.25) is 0 Å². The van der Waals surface area contributed by atoms with Gasteiger partial charge >= 0.3 is 0 Å². The molecule has 0 aromatic heterocycles. The second-order valence-corrected chi connectivity index (χ2v) is 6.80. The van der Waals surface area contributed by atoms with Crippen LogP contribution in [0.4, 0.5) is 0 Å². The Morgan fingerprint density at radius 2 is 1.71 bits per heavy atom. The van der Waals surface area contributed by atoms with Crippen molar-refractivity contribution in [2.45, 2.75) is 46.6 Å². The van der Waals surface area contributed by atoms with E-state index in [0.29, 0.717) is 0 Å². The highest BCUT2D eigenvalue weighted by Crippen LogP contribution is 2.28. The highest BCUT2D eigenvalue weighted by atomic mass is 15.2. The monoisotopic (exact) mass is 238 g/mol. The molecule has 2 heteroatoms. The van der Waals surface area contributed by atoms with Crippen molar-refractivity contribution in [2.75, 3.05) is 26.2 Å². The van der Waals surface area contributed by atoms with Gasteiger partial charge in [-0.3, -0.25) is 0 Å². The van der Waals surface area contributed by atoms with Crippen LogP contribution in [0, 0.1) is 23.7 Å². The van der Waals surface area contributed by atoms with Crippen LogP contribution in [-0.4, -0.2) is 37.1 Å². The van der Waals surface area contributed by atoms with Gasteiger partial charge in [-0.1, -0.05) is 27.7 Å². The normalized spacial score (nSPS) is 33.0. The molecular weight excluding hydrogens is 208 g/mol. The number of fused-ring (bicyclic) bond motifs is 2. The van der Waals surface area contributed by atoms with E-state index in [1.54, 1.807) is 0 Å². The predicted molar refractivity (Wildman–Crippen MR) is 74.1 cm³/mol. The quantitative estimate of drug-likeness (QED) is 0.792. The molecule has 0 saturated carbocycles. The summed E-state index contributed by atoms with van der Waals surface area (Å²) < 4.78 is 0. The molecule has 0 aromatic carbocycles. The summed E-state index contributed by atoms with van der Waals surface area (Å²) >= 11 is 0. The lowest BCUT2D eigenvalue weighted by molar-refractivity contribution is 0.197. The predicted octanol–water partition coefficient (Wildman–Crippen LogP) is 2.60. The minimum atomic E-state index is 0.797. The van der Waals surface area contributed by atoms with Gasteiger partial charge in [-0.05, 0) is 56.1 Å². The van der Waals surface area contributed by atoms with E-state index in [-0.39, 0.29) is 0 Å². The van der Waals surface area contributed by atoms with E-state index in [1.807, 2.05) is 0 Å². The van der Waals surface area contributed by atoms with Crippen LogP contribution >= 0.6 is 0 Å². The molecule has 3 atom stereocenters. The summed E-state index contributed by atoms with van der Waals surface area (Å²) in [5, 5.41) is 3.89. The Morgan fingerprint density at radius 1 is 1.06 bits per heavy atom. The molecule has 2 aliphatic heterocycles. The molecule has 3 unspecified atom stereocenters. The van der Waals surface area contributed by atoms with Crippen molar-refractivity contribution in [3.63, 3.8) is 0 Å². The molecule has 2 rings (SSSR count). The summed E-state index contributed by atoms with van der Waals surface area (Å²) in [6, 6.07) is 0.800. The Morgan fingerprint density at radius 3 is 2.35 bits per heavy atom. The number of hydrogen-bond acceptors (Lipinski definition) is 2. The maximum Gasteiger partial charge on any atom is 0.0120 e. The molecule has 2 fully saturated rings. The standard InChI is InChI=1S/C15H30N2/c1-11(2)14(12(3)4)9-16-15-6-8-17-7-5-13(15)10-17/h11-16H,5-10H2,1-4H3. The average Bonchev–Trinajstić information content (AvgIpc) is 2.63. The number of rotatable bonds is 5. The highest BCUT2D eigenvalue weighted by molar-refractivity contribution is 4.91. The number of hydrogen-bond donors (Lipinski definition) is 1. The van der Waals surface area contributed by atoms with Crippen molar-refractivity contribution in [1.29, 1.82) is 0 Å². The van der Waals surface area contributed by atoms with Crippen LogP contribution in [0.15, 0.2) is 0 Å². The average molecular weight is 238 g/mol. The summed E-state index contributed by atoms with van der Waals surface area (Å²) in [6.45, 7) is 14.7. The van der Waals surface area contributed by atoms with Gasteiger partial charge in [-0.25, -0.2) is 0 Å². The zero-order chi connectivity index (χ0) is 12.4. The van der Waals surface area contributed by atoms with Crippen LogP contribution in [0.5, 0.6) is 0 Å². The molecule has 100 valence electrons. The van der Waals surface area contributed by atoms with Crippen molar-refractivity contribution in [3.8, 4) is 0 Å². The minimum Gasteiger partial charge on any atom is -0.313 e. The van der Waals surface area contributed by atoms with Gasteiger partial charge < -0.3 is 10.2 Å². The fraction of sp³-hybridized carbons (Fsp3) is 1.00. The van der Waals surface area contributed by atoms with E-state index >= 15 is 0 Å². The largest absolute Gasteiger partial charge is 0.313 e. The Bertz CT molecular complexity index is 229. The smallest absolute Gasteiger partial charge is 0.0120 e. The molecule has 2 saturated heterocycles. The first-order chi connectivity index (χ1) is 8.08. The van der Waals surface area contributed by atoms with Crippen molar-refractivity contribution in [3.05, 3.63) is 0 Å². The van der Waals surface area contributed by atoms with Crippen molar-refractivity contribution < 1.29 is 0 Å². The number of piperidine rings is 1. The van der Waals surface area contributed by atoms with E-state index in [2.05, 4.69) is 37.9 Å². The van der Waals surface area contributed by atoms with E-state index in [1.165, 1.54) is 39.0 Å². The third-order valence-corrected chi connectivity index (χ3v) is 4.96. The van der Waals surface area contributed by atoms with Crippen LogP contribution < -0.4 is 5.32 Å². The van der Waals surface area contributed by atoms with Crippen molar-refractivity contribution in [1.82, 2.24) is 10.2 Å². The van der Waals surface area contributed by atoms with Gasteiger partial charge in [-0.15, -0.1) is 0 Å². The first kappa shape index (κ1) is 13.4. The third-order valence-electron chi connectivity index (χ3n) is 4.96. The fourth-order valence-electron chi connectivity index (χ4n) is 3.75. The van der Waals surface area contributed by atoms with Gasteiger partial charge in [0.25, 0.3) is 0 Å². The molecule has 2 heterocycles. The summed E-state index contributed by atoms with van der Waals surface area (Å²) in [5.41, 5.74) is 0. The lowest BCUT2D eigenvalue weighted by Crippen LogP contribution is -2.46. The zero-order valence-electron chi connectivity index (χ0n) is 12.1. The molecule has 2 aliphatic rings. The van der Waals surface area contributed by atoms with Crippen LogP contribution in [0.1, 0.15) is 40.5 Å². The lowest BCUT2D eigenvalue weighted by Gasteiger charge is -2.34. The topological polar surface area (TPSA) is 15.3 Å². The van der Waals surface area contributed by atoms with Crippen LogP contribution in [0.25, 0.3) is 0 Å². The summed E-state index contributed by atoms with van der Waals surface area (Å²) in [6.07, 6.45) is 2.79. The molecule has 0 aliphatic carbocycles. The van der Waals surface area contributed by atoms with E-state index < -0.39 is 0 Å². The molecule has 0 radical (unpaired) electrons. The molecule has 0 aromatic rings. The molecule has 2 nitrogen and oxygen atoms in total. The lowest BCUT2D eigenvalue weighted by atomic mass is 9.84. The summed E-state index contributed by atoms with van der Waals surface area (Å²) in [7, 11) is 0. The number of nitrogens with one attached hydrogen (secondary N) is 1. The summed E-state index contributed by atoms with van der Waals surface area (Å²) in [4.78, 5) is 2.63. The highest BCUT2D eigenvalue weighted by Gasteiger charge is 2.34. The zero-order valence-corrected chi connectivity index (χ0v) is 12.1. The molecule has 0 amide bonds. The van der Waals surface area contributed by atoms with Gasteiger partial charge in [0, 0.05) is 12.6 Å². The van der Waals surface area contributed by atoms with Gasteiger partial charge in [0.1, 0.15) is 0 Å². The first-order valence-corrected chi connectivity index (χ1v) is 7.53. The minimum absolute atomic E-state index is 0.797. The molecular formula is C15H30N2. The van der Waals surface area contributed by atoms with E-state index in [4.69, 9.17) is 0 Å². The summed E-state index contributed by atoms with van der Waals surface area (Å²) in [5.74, 6) is 3.36. The molecule has 1 N–H and O–H groups in total. The first-order valence-electron chi connectivity index (χ1n) is 7.53. The second-order valence-electron chi connectivity index (χ2n) is 6.80. The van der Waals surface area contributed by atoms with Gasteiger partial charge in [0.05, 0.1) is 0 Å². The van der Waals surface area contributed by atoms with Crippen molar-refractivity contribution in [2.24, 2.45) is 23.7 Å². The molecule has 17 heavy (non-hydrogen) atoms. The van der Waals surface area contributed by atoms with Crippen molar-refractivity contribution >= 4 is 0 Å². The number of nitrogens with zero attached hydrogens (tertiary/aromatic N) is 1. The maximum absolute atomic E-state index is 3.89. The van der Waals surface area contributed by atoms with Crippen LogP contribution in [-0.2, 0) is 0 Å². The van der Waals surface area contributed by atoms with Crippen LogP contribution in [0.2, 0.25) is 0 Å². The van der Waals surface area contributed by atoms with Gasteiger partial charge in [-0.2, -0.15) is 0 Å². The second kappa shape index (κ2) is 5.71. The Hall–Kier alpha value is -0.0800. The Labute approximate surface area is 107 Å². The molecule has 0 spiro atoms. The maximum atomic E-state index is 3.89. The Kier molecular flexibility index (Phi) is 4.48. The third kappa shape index (κ3) is 3.23. The molecule has 2 bridgehead atoms. The van der Waals surface area contributed by atoms with E-state index in [9.17, 15) is 0 Å². The van der Waals surface area contributed by atoms with Crippen LogP contribution in [0.3, 0.4) is 0 Å². The Balaban J connectivity index is 1.80. The fourth-order valence-corrected chi connectivity index (χ4v) is 3.75. The van der Waals surface area contributed by atoms with Gasteiger partial charge in [0.15, 0.2) is 0 Å². The SMILES string of the molecule is CC(C)C(CNC1CCN2CCC1C2)C(C)C.